The van der Waals surface area contributed by atoms with E-state index in [0.29, 0.717) is 19.7 Å². The van der Waals surface area contributed by atoms with Crippen LogP contribution in [-0.2, 0) is 18.3 Å². The van der Waals surface area contributed by atoms with Crippen LogP contribution < -0.4 is 10.1 Å². The lowest BCUT2D eigenvalue weighted by Gasteiger charge is -2.34. The molecule has 1 aromatic heterocycles. The summed E-state index contributed by atoms with van der Waals surface area (Å²) < 4.78 is 26.5. The van der Waals surface area contributed by atoms with Crippen molar-refractivity contribution in [1.29, 1.82) is 0 Å². The number of nitrogens with one attached hydrogen (secondary N) is 1. The quantitative estimate of drug-likeness (QED) is 0.641. The molecule has 0 radical (unpaired) electrons. The monoisotopic (exact) mass is 375 g/mol. The second-order valence-corrected chi connectivity index (χ2v) is 6.39. The minimum absolute atomic E-state index is 0.0465. The van der Waals surface area contributed by atoms with Gasteiger partial charge in [-0.2, -0.15) is 5.10 Å². The second kappa shape index (κ2) is 8.85. The van der Waals surface area contributed by atoms with Crippen molar-refractivity contribution in [3.8, 4) is 5.75 Å². The van der Waals surface area contributed by atoms with Crippen LogP contribution in [0.4, 0.5) is 4.39 Å². The van der Waals surface area contributed by atoms with Crippen molar-refractivity contribution in [2.45, 2.75) is 19.6 Å². The molecule has 0 bridgehead atoms. The summed E-state index contributed by atoms with van der Waals surface area (Å²) in [6.07, 6.45) is 3.76. The predicted molar refractivity (Wildman–Crippen MR) is 101 cm³/mol. The first kappa shape index (κ1) is 19.2. The molecule has 0 aliphatic carbocycles. The maximum Gasteiger partial charge on any atom is 0.194 e. The summed E-state index contributed by atoms with van der Waals surface area (Å²) in [5.74, 6) is 0.659. The van der Waals surface area contributed by atoms with Crippen molar-refractivity contribution in [2.75, 3.05) is 33.4 Å². The number of aryl methyl sites for hydroxylation is 1. The molecule has 3 rings (SSSR count). The van der Waals surface area contributed by atoms with E-state index in [2.05, 4.69) is 20.3 Å². The summed E-state index contributed by atoms with van der Waals surface area (Å²) in [6, 6.07) is 4.91. The molecule has 2 aromatic rings. The zero-order chi connectivity index (χ0) is 19.2. The lowest BCUT2D eigenvalue weighted by Crippen LogP contribution is -2.48. The number of benzene rings is 1. The molecular formula is C19H26FN5O2. The predicted octanol–water partition coefficient (Wildman–Crippen LogP) is 2.11. The van der Waals surface area contributed by atoms with E-state index in [4.69, 9.17) is 9.47 Å². The van der Waals surface area contributed by atoms with Crippen molar-refractivity contribution < 1.29 is 13.9 Å². The topological polar surface area (TPSA) is 63.9 Å². The number of morpholine rings is 1. The van der Waals surface area contributed by atoms with Crippen molar-refractivity contribution in [2.24, 2.45) is 12.0 Å². The van der Waals surface area contributed by atoms with Crippen LogP contribution in [0, 0.1) is 5.82 Å². The SMILES string of the molecule is CCNC(=NCc1ccc(OC)c(F)c1)N1CCOC(c2cnn(C)c2)C1. The Labute approximate surface area is 158 Å². The third-order valence-electron chi connectivity index (χ3n) is 4.43. The van der Waals surface area contributed by atoms with Gasteiger partial charge in [0.2, 0.25) is 0 Å². The third-order valence-corrected chi connectivity index (χ3v) is 4.43. The fourth-order valence-corrected chi connectivity index (χ4v) is 3.05. The normalized spacial score (nSPS) is 17.9. The Morgan fingerprint density at radius 2 is 2.33 bits per heavy atom. The highest BCUT2D eigenvalue weighted by atomic mass is 19.1. The van der Waals surface area contributed by atoms with Crippen LogP contribution in [0.3, 0.4) is 0 Å². The number of hydrogen-bond donors (Lipinski definition) is 1. The number of hydrogen-bond acceptors (Lipinski definition) is 4. The number of rotatable bonds is 5. The van der Waals surface area contributed by atoms with Crippen molar-refractivity contribution >= 4 is 5.96 Å². The number of ether oxygens (including phenoxy) is 2. The molecule has 1 atom stereocenters. The number of methoxy groups -OCH3 is 1. The zero-order valence-corrected chi connectivity index (χ0v) is 16.0. The molecule has 1 fully saturated rings. The molecule has 1 unspecified atom stereocenters. The number of guanidine groups is 1. The summed E-state index contributed by atoms with van der Waals surface area (Å²) in [6.45, 7) is 5.22. The van der Waals surface area contributed by atoms with E-state index in [0.717, 1.165) is 30.2 Å². The minimum atomic E-state index is -0.377. The molecule has 146 valence electrons. The van der Waals surface area contributed by atoms with Gasteiger partial charge >= 0.3 is 0 Å². The first-order valence-electron chi connectivity index (χ1n) is 9.06. The maximum atomic E-state index is 13.9. The Morgan fingerprint density at radius 3 is 3.00 bits per heavy atom. The third kappa shape index (κ3) is 4.77. The largest absolute Gasteiger partial charge is 0.494 e. The van der Waals surface area contributed by atoms with E-state index in [-0.39, 0.29) is 17.7 Å². The highest BCUT2D eigenvalue weighted by Crippen LogP contribution is 2.22. The Morgan fingerprint density at radius 1 is 1.48 bits per heavy atom. The second-order valence-electron chi connectivity index (χ2n) is 6.39. The molecular weight excluding hydrogens is 349 g/mol. The molecule has 1 aromatic carbocycles. The van der Waals surface area contributed by atoms with Crippen LogP contribution in [0.15, 0.2) is 35.6 Å². The number of halogens is 1. The molecule has 1 N–H and O–H groups in total. The highest BCUT2D eigenvalue weighted by molar-refractivity contribution is 5.80. The Hall–Kier alpha value is -2.61. The Bertz CT molecular complexity index is 792. The molecule has 1 saturated heterocycles. The summed E-state index contributed by atoms with van der Waals surface area (Å²) in [5, 5.41) is 7.54. The zero-order valence-electron chi connectivity index (χ0n) is 16.0. The van der Waals surface area contributed by atoms with E-state index in [1.54, 1.807) is 10.7 Å². The molecule has 0 spiro atoms. The number of aliphatic imine (C=N–C) groups is 1. The maximum absolute atomic E-state index is 13.9. The number of nitrogens with zero attached hydrogens (tertiary/aromatic N) is 4. The van der Waals surface area contributed by atoms with Crippen LogP contribution in [0.2, 0.25) is 0 Å². The van der Waals surface area contributed by atoms with Crippen molar-refractivity contribution in [3.63, 3.8) is 0 Å². The summed E-state index contributed by atoms with van der Waals surface area (Å²) >= 11 is 0. The highest BCUT2D eigenvalue weighted by Gasteiger charge is 2.25. The molecule has 0 saturated carbocycles. The molecule has 1 aliphatic rings. The van der Waals surface area contributed by atoms with Gasteiger partial charge in [-0.3, -0.25) is 4.68 Å². The van der Waals surface area contributed by atoms with E-state index in [9.17, 15) is 4.39 Å². The molecule has 8 heteroatoms. The van der Waals surface area contributed by atoms with Crippen LogP contribution in [-0.4, -0.2) is 54.0 Å². The van der Waals surface area contributed by atoms with Crippen LogP contribution in [0.25, 0.3) is 0 Å². The smallest absolute Gasteiger partial charge is 0.194 e. The van der Waals surface area contributed by atoms with Crippen LogP contribution >= 0.6 is 0 Å². The van der Waals surface area contributed by atoms with E-state index >= 15 is 0 Å². The molecule has 7 nitrogen and oxygen atoms in total. The van der Waals surface area contributed by atoms with Gasteiger partial charge in [0.15, 0.2) is 17.5 Å². The average molecular weight is 375 g/mol. The standard InChI is InChI=1S/C19H26FN5O2/c1-4-21-19(22-10-14-5-6-17(26-3)16(20)9-14)25-7-8-27-18(13-25)15-11-23-24(2)12-15/h5-6,9,11-12,18H,4,7-8,10,13H2,1-3H3,(H,21,22). The first-order chi connectivity index (χ1) is 13.1. The van der Waals surface area contributed by atoms with Gasteiger partial charge in [-0.25, -0.2) is 9.38 Å². The summed E-state index contributed by atoms with van der Waals surface area (Å²) in [7, 11) is 3.35. The van der Waals surface area contributed by atoms with Gasteiger partial charge in [-0.1, -0.05) is 6.07 Å². The van der Waals surface area contributed by atoms with Gasteiger partial charge in [0.25, 0.3) is 0 Å². The van der Waals surface area contributed by atoms with Gasteiger partial charge in [0, 0.05) is 31.9 Å². The van der Waals surface area contributed by atoms with Crippen LogP contribution in [0.5, 0.6) is 5.75 Å². The van der Waals surface area contributed by atoms with Gasteiger partial charge in [0.05, 0.1) is 33.0 Å². The molecule has 1 aliphatic heterocycles. The first-order valence-corrected chi connectivity index (χ1v) is 9.06. The van der Waals surface area contributed by atoms with Gasteiger partial charge in [-0.05, 0) is 24.6 Å². The fraction of sp³-hybridized carbons (Fsp3) is 0.474. The van der Waals surface area contributed by atoms with Gasteiger partial charge in [-0.15, -0.1) is 0 Å². The van der Waals surface area contributed by atoms with E-state index < -0.39 is 0 Å². The van der Waals surface area contributed by atoms with E-state index in [1.165, 1.54) is 13.2 Å². The number of aromatic nitrogens is 2. The van der Waals surface area contributed by atoms with Crippen molar-refractivity contribution in [3.05, 3.63) is 47.5 Å². The molecule has 2 heterocycles. The van der Waals surface area contributed by atoms with Gasteiger partial charge in [0.1, 0.15) is 6.10 Å². The van der Waals surface area contributed by atoms with Crippen molar-refractivity contribution in [1.82, 2.24) is 20.0 Å². The lowest BCUT2D eigenvalue weighted by molar-refractivity contribution is -0.00805. The van der Waals surface area contributed by atoms with Crippen LogP contribution in [0.1, 0.15) is 24.2 Å². The Kier molecular flexibility index (Phi) is 6.28. The average Bonchev–Trinajstić information content (AvgIpc) is 3.12. The van der Waals surface area contributed by atoms with E-state index in [1.807, 2.05) is 32.4 Å². The fourth-order valence-electron chi connectivity index (χ4n) is 3.05. The lowest BCUT2D eigenvalue weighted by atomic mass is 10.1. The molecule has 0 amide bonds. The summed E-state index contributed by atoms with van der Waals surface area (Å²) in [5.41, 5.74) is 1.84. The molecule has 27 heavy (non-hydrogen) atoms. The Balaban J connectivity index is 1.71. The summed E-state index contributed by atoms with van der Waals surface area (Å²) in [4.78, 5) is 6.86. The van der Waals surface area contributed by atoms with Gasteiger partial charge < -0.3 is 19.7 Å². The minimum Gasteiger partial charge on any atom is -0.494 e.